The van der Waals surface area contributed by atoms with E-state index in [1.807, 2.05) is 0 Å². The summed E-state index contributed by atoms with van der Waals surface area (Å²) in [5.74, 6) is 2.43. The molecule has 3 rings (SSSR count). The van der Waals surface area contributed by atoms with Crippen molar-refractivity contribution in [1.29, 1.82) is 0 Å². The van der Waals surface area contributed by atoms with E-state index in [1.165, 1.54) is 12.8 Å². The average molecular weight is 193 g/mol. The summed E-state index contributed by atoms with van der Waals surface area (Å²) in [5.41, 5.74) is 6.24. The minimum absolute atomic E-state index is 0.0548. The van der Waals surface area contributed by atoms with E-state index in [-0.39, 0.29) is 17.2 Å². The Hall–Kier alpha value is -0.530. The number of nitrogens with two attached hydrogens (primary N) is 1. The smallest absolute Gasteiger partial charge is 0.221 e. The van der Waals surface area contributed by atoms with Crippen molar-refractivity contribution in [2.75, 3.05) is 0 Å². The molecule has 0 aromatic rings. The molecule has 0 aromatic carbocycles. The van der Waals surface area contributed by atoms with Gasteiger partial charge in [0.2, 0.25) is 5.91 Å². The van der Waals surface area contributed by atoms with Gasteiger partial charge in [0.25, 0.3) is 0 Å². The lowest BCUT2D eigenvalue weighted by atomic mass is 9.90. The van der Waals surface area contributed by atoms with Crippen LogP contribution in [-0.4, -0.2) is 5.91 Å². The Bertz CT molecular complexity index is 322. The van der Waals surface area contributed by atoms with E-state index < -0.39 is 0 Å². The number of fused-ring (bicyclic) bond motifs is 3. The molecule has 2 N–H and O–H groups in total. The second-order valence-corrected chi connectivity index (χ2v) is 6.40. The highest BCUT2D eigenvalue weighted by atomic mass is 16.1. The molecule has 0 radical (unpaired) electrons. The van der Waals surface area contributed by atoms with Crippen LogP contribution in [0.4, 0.5) is 0 Å². The average Bonchev–Trinajstić information content (AvgIpc) is 2.83. The molecule has 5 atom stereocenters. The van der Waals surface area contributed by atoms with Gasteiger partial charge in [-0.1, -0.05) is 20.8 Å². The second kappa shape index (κ2) is 2.02. The molecular formula is C12H19NO. The summed E-state index contributed by atoms with van der Waals surface area (Å²) in [6, 6.07) is 0. The van der Waals surface area contributed by atoms with Crippen LogP contribution >= 0.6 is 0 Å². The number of carbonyl (C=O) groups is 1. The van der Waals surface area contributed by atoms with Crippen molar-refractivity contribution in [3.63, 3.8) is 0 Å². The standard InChI is InChI=1S/C12H19NO/c1-11(2)6-4-5-12(3)8(7(6)11)9(12)10(13)14/h6-9H,4-5H2,1-3H3,(H2,13,14)/t6-,7-,8-,9?,12-/m1/s1. The van der Waals surface area contributed by atoms with E-state index in [2.05, 4.69) is 20.8 Å². The maximum absolute atomic E-state index is 11.3. The van der Waals surface area contributed by atoms with Gasteiger partial charge in [0.1, 0.15) is 0 Å². The third-order valence-electron chi connectivity index (χ3n) is 5.55. The van der Waals surface area contributed by atoms with Gasteiger partial charge in [-0.2, -0.15) is 0 Å². The van der Waals surface area contributed by atoms with Crippen molar-refractivity contribution >= 4 is 5.91 Å². The number of rotatable bonds is 1. The fraction of sp³-hybridized carbons (Fsp3) is 0.917. The first-order chi connectivity index (χ1) is 6.40. The summed E-state index contributed by atoms with van der Waals surface area (Å²) < 4.78 is 0. The van der Waals surface area contributed by atoms with Crippen LogP contribution in [0.3, 0.4) is 0 Å². The third kappa shape index (κ3) is 0.731. The quantitative estimate of drug-likeness (QED) is 0.678. The molecule has 2 heteroatoms. The van der Waals surface area contributed by atoms with Crippen LogP contribution in [0.5, 0.6) is 0 Å². The summed E-state index contributed by atoms with van der Waals surface area (Å²) in [4.78, 5) is 11.3. The lowest BCUT2D eigenvalue weighted by Gasteiger charge is -2.14. The molecule has 3 saturated carbocycles. The number of carbonyl (C=O) groups excluding carboxylic acids is 1. The lowest BCUT2D eigenvalue weighted by Crippen LogP contribution is -2.17. The van der Waals surface area contributed by atoms with E-state index in [4.69, 9.17) is 5.73 Å². The number of hydrogen-bond acceptors (Lipinski definition) is 1. The summed E-state index contributed by atoms with van der Waals surface area (Å²) in [6.45, 7) is 6.96. The Morgan fingerprint density at radius 3 is 2.50 bits per heavy atom. The molecule has 0 bridgehead atoms. The van der Waals surface area contributed by atoms with E-state index in [0.29, 0.717) is 11.3 Å². The normalized spacial score (nSPS) is 57.1. The first-order valence-corrected chi connectivity index (χ1v) is 5.70. The maximum atomic E-state index is 11.3. The van der Waals surface area contributed by atoms with Gasteiger partial charge < -0.3 is 5.73 Å². The van der Waals surface area contributed by atoms with Gasteiger partial charge in [0.15, 0.2) is 0 Å². The monoisotopic (exact) mass is 193 g/mol. The van der Waals surface area contributed by atoms with Crippen molar-refractivity contribution in [3.8, 4) is 0 Å². The van der Waals surface area contributed by atoms with Crippen molar-refractivity contribution in [2.24, 2.45) is 40.2 Å². The van der Waals surface area contributed by atoms with Crippen molar-refractivity contribution in [1.82, 2.24) is 0 Å². The van der Waals surface area contributed by atoms with Gasteiger partial charge in [-0.05, 0) is 41.4 Å². The zero-order chi connectivity index (χ0) is 10.3. The summed E-state index contributed by atoms with van der Waals surface area (Å²) in [5, 5.41) is 0. The Balaban J connectivity index is 1.90. The van der Waals surface area contributed by atoms with E-state index in [1.54, 1.807) is 0 Å². The molecule has 78 valence electrons. The highest BCUT2D eigenvalue weighted by Gasteiger charge is 2.78. The topological polar surface area (TPSA) is 43.1 Å². The fourth-order valence-corrected chi connectivity index (χ4v) is 4.56. The number of amides is 1. The van der Waals surface area contributed by atoms with Crippen molar-refractivity contribution in [2.45, 2.75) is 33.6 Å². The predicted octanol–water partition coefficient (Wildman–Crippen LogP) is 1.79. The molecule has 1 unspecified atom stereocenters. The summed E-state index contributed by atoms with van der Waals surface area (Å²) in [7, 11) is 0. The second-order valence-electron chi connectivity index (χ2n) is 6.40. The van der Waals surface area contributed by atoms with Crippen LogP contribution in [0, 0.1) is 34.5 Å². The van der Waals surface area contributed by atoms with Crippen molar-refractivity contribution in [3.05, 3.63) is 0 Å². The fourth-order valence-electron chi connectivity index (χ4n) is 4.56. The molecule has 3 aliphatic rings. The van der Waals surface area contributed by atoms with Crippen LogP contribution in [0.25, 0.3) is 0 Å². The molecule has 0 spiro atoms. The summed E-state index contributed by atoms with van der Waals surface area (Å²) in [6.07, 6.45) is 2.53. The molecule has 0 heterocycles. The minimum Gasteiger partial charge on any atom is -0.369 e. The molecule has 0 saturated heterocycles. The molecule has 0 aromatic heterocycles. The Labute approximate surface area is 85.2 Å². The zero-order valence-electron chi connectivity index (χ0n) is 9.21. The zero-order valence-corrected chi connectivity index (χ0v) is 9.21. The molecule has 2 nitrogen and oxygen atoms in total. The number of primary amides is 1. The maximum Gasteiger partial charge on any atom is 0.221 e. The summed E-state index contributed by atoms with van der Waals surface area (Å²) >= 11 is 0. The molecular weight excluding hydrogens is 174 g/mol. The molecule has 3 fully saturated rings. The highest BCUT2D eigenvalue weighted by molar-refractivity contribution is 5.82. The predicted molar refractivity (Wildman–Crippen MR) is 54.3 cm³/mol. The Kier molecular flexibility index (Phi) is 1.27. The van der Waals surface area contributed by atoms with Gasteiger partial charge in [-0.15, -0.1) is 0 Å². The van der Waals surface area contributed by atoms with Crippen LogP contribution in [0.1, 0.15) is 33.6 Å². The van der Waals surface area contributed by atoms with Crippen LogP contribution in [0.2, 0.25) is 0 Å². The molecule has 0 aliphatic heterocycles. The van der Waals surface area contributed by atoms with E-state index >= 15 is 0 Å². The molecule has 1 amide bonds. The highest BCUT2D eigenvalue weighted by Crippen LogP contribution is 2.81. The minimum atomic E-state index is -0.0548. The lowest BCUT2D eigenvalue weighted by molar-refractivity contribution is -0.120. The van der Waals surface area contributed by atoms with Gasteiger partial charge in [0.05, 0.1) is 0 Å². The van der Waals surface area contributed by atoms with Gasteiger partial charge in [-0.25, -0.2) is 0 Å². The molecule has 14 heavy (non-hydrogen) atoms. The number of hydrogen-bond donors (Lipinski definition) is 1. The van der Waals surface area contributed by atoms with Crippen LogP contribution in [-0.2, 0) is 4.79 Å². The Morgan fingerprint density at radius 2 is 1.93 bits per heavy atom. The first kappa shape index (κ1) is 8.75. The van der Waals surface area contributed by atoms with Crippen molar-refractivity contribution < 1.29 is 4.79 Å². The SMILES string of the molecule is CC1(C)[C@@H]2[C@H]1CC[C@@]1(C)C(C(N)=O)[C@@H]21. The first-order valence-electron chi connectivity index (χ1n) is 5.70. The van der Waals surface area contributed by atoms with E-state index in [9.17, 15) is 4.79 Å². The van der Waals surface area contributed by atoms with Gasteiger partial charge in [0, 0.05) is 5.92 Å². The van der Waals surface area contributed by atoms with Gasteiger partial charge in [-0.3, -0.25) is 4.79 Å². The van der Waals surface area contributed by atoms with E-state index in [0.717, 1.165) is 11.8 Å². The van der Waals surface area contributed by atoms with Gasteiger partial charge >= 0.3 is 0 Å². The molecule has 3 aliphatic carbocycles. The third-order valence-corrected chi connectivity index (χ3v) is 5.55. The van der Waals surface area contributed by atoms with Crippen LogP contribution in [0.15, 0.2) is 0 Å². The van der Waals surface area contributed by atoms with Crippen LogP contribution < -0.4 is 5.73 Å². The Morgan fingerprint density at radius 1 is 1.29 bits per heavy atom. The largest absolute Gasteiger partial charge is 0.369 e.